The van der Waals surface area contributed by atoms with Gasteiger partial charge in [0.2, 0.25) is 5.91 Å². The van der Waals surface area contributed by atoms with Crippen LogP contribution in [0, 0.1) is 6.92 Å². The smallest absolute Gasteiger partial charge is 0.344 e. The van der Waals surface area contributed by atoms with E-state index in [9.17, 15) is 14.4 Å². The number of rotatable bonds is 8. The van der Waals surface area contributed by atoms with Crippen LogP contribution in [0.2, 0.25) is 0 Å². The average molecular weight is 384 g/mol. The van der Waals surface area contributed by atoms with Crippen LogP contribution in [0.25, 0.3) is 0 Å². The first-order chi connectivity index (χ1) is 13.3. The fraction of sp³-hybridized carbons (Fsp3) is 0.286. The normalized spacial score (nSPS) is 10.4. The highest BCUT2D eigenvalue weighted by Crippen LogP contribution is 2.27. The molecular weight excluding hydrogens is 360 g/mol. The number of hydrogen-bond donors (Lipinski definition) is 2. The lowest BCUT2D eigenvalue weighted by molar-refractivity contribution is -0.149. The van der Waals surface area contributed by atoms with Crippen molar-refractivity contribution in [1.29, 1.82) is 0 Å². The van der Waals surface area contributed by atoms with Crippen molar-refractivity contribution in [3.8, 4) is 5.75 Å². The number of hydrogen-bond acceptors (Lipinski definition) is 5. The fourth-order valence-electron chi connectivity index (χ4n) is 2.48. The summed E-state index contributed by atoms with van der Waals surface area (Å²) in [6.07, 6.45) is 0. The molecule has 2 aromatic rings. The molecule has 7 nitrogen and oxygen atoms in total. The Labute approximate surface area is 163 Å². The van der Waals surface area contributed by atoms with Gasteiger partial charge in [-0.3, -0.25) is 9.59 Å². The molecule has 148 valence electrons. The van der Waals surface area contributed by atoms with E-state index in [-0.39, 0.29) is 12.5 Å². The summed E-state index contributed by atoms with van der Waals surface area (Å²) in [5, 5.41) is 2.56. The Morgan fingerprint density at radius 1 is 1.04 bits per heavy atom. The van der Waals surface area contributed by atoms with Crippen LogP contribution in [0.5, 0.6) is 5.75 Å². The molecule has 0 atom stereocenters. The van der Waals surface area contributed by atoms with Crippen molar-refractivity contribution >= 4 is 23.5 Å². The first kappa shape index (κ1) is 21.0. The lowest BCUT2D eigenvalue weighted by atomic mass is 10.0. The number of amides is 2. The van der Waals surface area contributed by atoms with E-state index in [4.69, 9.17) is 15.2 Å². The summed E-state index contributed by atoms with van der Waals surface area (Å²) in [4.78, 5) is 34.8. The molecule has 0 fully saturated rings. The topological polar surface area (TPSA) is 108 Å². The van der Waals surface area contributed by atoms with Gasteiger partial charge in [-0.05, 0) is 54.3 Å². The van der Waals surface area contributed by atoms with Gasteiger partial charge in [0.1, 0.15) is 5.75 Å². The van der Waals surface area contributed by atoms with Crippen LogP contribution in [0.1, 0.15) is 41.3 Å². The molecule has 0 saturated carbocycles. The molecule has 28 heavy (non-hydrogen) atoms. The number of carbonyl (C=O) groups is 3. The predicted octanol–water partition coefficient (Wildman–Crippen LogP) is 2.78. The number of esters is 1. The second-order valence-corrected chi connectivity index (χ2v) is 6.64. The van der Waals surface area contributed by atoms with E-state index >= 15 is 0 Å². The summed E-state index contributed by atoms with van der Waals surface area (Å²) < 4.78 is 10.5. The van der Waals surface area contributed by atoms with Gasteiger partial charge in [0, 0.05) is 11.3 Å². The summed E-state index contributed by atoms with van der Waals surface area (Å²) >= 11 is 0. The molecule has 3 N–H and O–H groups in total. The Morgan fingerprint density at radius 3 is 2.32 bits per heavy atom. The van der Waals surface area contributed by atoms with Gasteiger partial charge in [0.05, 0.1) is 0 Å². The molecule has 0 saturated heterocycles. The zero-order valence-electron chi connectivity index (χ0n) is 16.2. The van der Waals surface area contributed by atoms with Gasteiger partial charge in [0.25, 0.3) is 5.91 Å². The van der Waals surface area contributed by atoms with E-state index in [1.54, 1.807) is 0 Å². The highest BCUT2D eigenvalue weighted by Gasteiger charge is 2.12. The van der Waals surface area contributed by atoms with Gasteiger partial charge >= 0.3 is 5.97 Å². The van der Waals surface area contributed by atoms with Gasteiger partial charge < -0.3 is 20.5 Å². The third kappa shape index (κ3) is 6.12. The standard InChI is InChI=1S/C21H24N2O5/c1-13(2)17-9-4-14(3)10-18(17)27-12-20(25)28-11-19(24)23-16-7-5-15(6-8-16)21(22)26/h4-10,13H,11-12H2,1-3H3,(H2,22,26)(H,23,24). The number of benzene rings is 2. The maximum atomic E-state index is 11.9. The molecule has 2 aromatic carbocycles. The number of nitrogens with two attached hydrogens (primary N) is 1. The van der Waals surface area contributed by atoms with Gasteiger partial charge in [-0.15, -0.1) is 0 Å². The number of primary amides is 1. The Balaban J connectivity index is 1.81. The maximum absolute atomic E-state index is 11.9. The van der Waals surface area contributed by atoms with E-state index in [1.165, 1.54) is 24.3 Å². The van der Waals surface area contributed by atoms with E-state index in [1.807, 2.05) is 39.0 Å². The molecule has 0 radical (unpaired) electrons. The van der Waals surface area contributed by atoms with Crippen LogP contribution < -0.4 is 15.8 Å². The Kier molecular flexibility index (Phi) is 7.14. The SMILES string of the molecule is Cc1ccc(C(C)C)c(OCC(=O)OCC(=O)Nc2ccc(C(N)=O)cc2)c1. The molecule has 0 aliphatic carbocycles. The van der Waals surface area contributed by atoms with Gasteiger partial charge in [-0.25, -0.2) is 4.79 Å². The van der Waals surface area contributed by atoms with Crippen LogP contribution in [0.15, 0.2) is 42.5 Å². The minimum atomic E-state index is -0.643. The Hall–Kier alpha value is -3.35. The molecule has 0 aliphatic rings. The molecule has 0 heterocycles. The first-order valence-electron chi connectivity index (χ1n) is 8.85. The van der Waals surface area contributed by atoms with Gasteiger partial charge in [0.15, 0.2) is 13.2 Å². The van der Waals surface area contributed by atoms with Crippen molar-refractivity contribution < 1.29 is 23.9 Å². The average Bonchev–Trinajstić information content (AvgIpc) is 2.65. The van der Waals surface area contributed by atoms with Crippen molar-refractivity contribution in [1.82, 2.24) is 0 Å². The van der Waals surface area contributed by atoms with Crippen molar-refractivity contribution in [2.24, 2.45) is 5.73 Å². The quantitative estimate of drug-likeness (QED) is 0.681. The Bertz CT molecular complexity index is 860. The fourth-order valence-corrected chi connectivity index (χ4v) is 2.48. The van der Waals surface area contributed by atoms with Gasteiger partial charge in [-0.2, -0.15) is 0 Å². The summed E-state index contributed by atoms with van der Waals surface area (Å²) in [6, 6.07) is 11.9. The highest BCUT2D eigenvalue weighted by atomic mass is 16.6. The monoisotopic (exact) mass is 384 g/mol. The highest BCUT2D eigenvalue weighted by molar-refractivity contribution is 5.95. The summed E-state index contributed by atoms with van der Waals surface area (Å²) in [7, 11) is 0. The largest absolute Gasteiger partial charge is 0.482 e. The van der Waals surface area contributed by atoms with Crippen molar-refractivity contribution in [3.63, 3.8) is 0 Å². The third-order valence-corrected chi connectivity index (χ3v) is 3.95. The van der Waals surface area contributed by atoms with E-state index in [0.717, 1.165) is 11.1 Å². The number of ether oxygens (including phenoxy) is 2. The first-order valence-corrected chi connectivity index (χ1v) is 8.85. The molecular formula is C21H24N2O5. The summed E-state index contributed by atoms with van der Waals surface area (Å²) in [6.45, 7) is 5.29. The molecule has 2 rings (SSSR count). The molecule has 0 unspecified atom stereocenters. The predicted molar refractivity (Wildman–Crippen MR) is 105 cm³/mol. The van der Waals surface area contributed by atoms with Gasteiger partial charge in [-0.1, -0.05) is 26.0 Å². The van der Waals surface area contributed by atoms with E-state index in [0.29, 0.717) is 17.0 Å². The van der Waals surface area contributed by atoms with E-state index < -0.39 is 24.4 Å². The van der Waals surface area contributed by atoms with Crippen LogP contribution in [0.4, 0.5) is 5.69 Å². The lowest BCUT2D eigenvalue weighted by Crippen LogP contribution is -2.24. The number of carbonyl (C=O) groups excluding carboxylic acids is 3. The molecule has 0 spiro atoms. The van der Waals surface area contributed by atoms with Crippen LogP contribution in [0.3, 0.4) is 0 Å². The van der Waals surface area contributed by atoms with Crippen LogP contribution >= 0.6 is 0 Å². The third-order valence-electron chi connectivity index (χ3n) is 3.95. The number of anilines is 1. The maximum Gasteiger partial charge on any atom is 0.344 e. The molecule has 0 aliphatic heterocycles. The molecule has 0 bridgehead atoms. The minimum Gasteiger partial charge on any atom is -0.482 e. The van der Waals surface area contributed by atoms with Crippen molar-refractivity contribution in [2.45, 2.75) is 26.7 Å². The zero-order chi connectivity index (χ0) is 20.7. The molecule has 7 heteroatoms. The van der Waals surface area contributed by atoms with Crippen LogP contribution in [-0.2, 0) is 14.3 Å². The zero-order valence-corrected chi connectivity index (χ0v) is 16.2. The lowest BCUT2D eigenvalue weighted by Gasteiger charge is -2.14. The number of aryl methyl sites for hydroxylation is 1. The Morgan fingerprint density at radius 2 is 1.71 bits per heavy atom. The minimum absolute atomic E-state index is 0.248. The van der Waals surface area contributed by atoms with Crippen molar-refractivity contribution in [2.75, 3.05) is 18.5 Å². The molecule has 0 aromatic heterocycles. The van der Waals surface area contributed by atoms with Crippen molar-refractivity contribution in [3.05, 3.63) is 59.2 Å². The summed E-state index contributed by atoms with van der Waals surface area (Å²) in [5.41, 5.74) is 7.97. The number of nitrogens with one attached hydrogen (secondary N) is 1. The van der Waals surface area contributed by atoms with Crippen LogP contribution in [-0.4, -0.2) is 31.0 Å². The van der Waals surface area contributed by atoms with E-state index in [2.05, 4.69) is 5.32 Å². The second-order valence-electron chi connectivity index (χ2n) is 6.64. The summed E-state index contributed by atoms with van der Waals surface area (Å²) in [5.74, 6) is -0.820. The second kappa shape index (κ2) is 9.55. The molecule has 2 amide bonds.